The highest BCUT2D eigenvalue weighted by molar-refractivity contribution is 8.15. The van der Waals surface area contributed by atoms with E-state index in [1.165, 1.54) is 16.7 Å². The Morgan fingerprint density at radius 2 is 2.00 bits per heavy atom. The van der Waals surface area contributed by atoms with Crippen LogP contribution < -0.4 is 5.32 Å². The molecule has 2 rings (SSSR count). The fourth-order valence-electron chi connectivity index (χ4n) is 2.69. The summed E-state index contributed by atoms with van der Waals surface area (Å²) >= 11 is 7.16. The first-order valence-corrected chi connectivity index (χ1v) is 10.6. The van der Waals surface area contributed by atoms with E-state index in [2.05, 4.69) is 16.9 Å². The van der Waals surface area contributed by atoms with Gasteiger partial charge in [-0.15, -0.1) is 6.58 Å². The van der Waals surface area contributed by atoms with Crippen molar-refractivity contribution in [2.75, 3.05) is 13.1 Å². The topological polar surface area (TPSA) is 99.1 Å². The third-order valence-corrected chi connectivity index (χ3v) is 5.57. The molecule has 1 unspecified atom stereocenters. The molecule has 1 fully saturated rings. The average Bonchev–Trinajstić information content (AvgIpc) is 2.95. The van der Waals surface area contributed by atoms with Crippen molar-refractivity contribution in [3.05, 3.63) is 41.9 Å². The molecule has 2 N–H and O–H groups in total. The van der Waals surface area contributed by atoms with E-state index in [9.17, 15) is 14.4 Å². The van der Waals surface area contributed by atoms with Gasteiger partial charge in [-0.25, -0.2) is 4.99 Å². The van der Waals surface area contributed by atoms with Crippen LogP contribution in [0.2, 0.25) is 5.02 Å². The molecule has 29 heavy (non-hydrogen) atoms. The average molecular weight is 438 g/mol. The lowest BCUT2D eigenvalue weighted by Crippen LogP contribution is -2.35. The summed E-state index contributed by atoms with van der Waals surface area (Å²) in [7, 11) is 0. The molecule has 9 heteroatoms. The van der Waals surface area contributed by atoms with Gasteiger partial charge in [0.1, 0.15) is 5.25 Å². The molecular formula is C20H24ClN3O4S. The van der Waals surface area contributed by atoms with Crippen LogP contribution in [0.5, 0.6) is 0 Å². The lowest BCUT2D eigenvalue weighted by atomic mass is 10.2. The Morgan fingerprint density at radius 3 is 2.66 bits per heavy atom. The Kier molecular flexibility index (Phi) is 9.21. The van der Waals surface area contributed by atoms with Gasteiger partial charge < -0.3 is 10.4 Å². The van der Waals surface area contributed by atoms with Crippen molar-refractivity contribution in [2.45, 2.75) is 37.4 Å². The van der Waals surface area contributed by atoms with Crippen molar-refractivity contribution < 1.29 is 19.5 Å². The quantitative estimate of drug-likeness (QED) is 0.407. The van der Waals surface area contributed by atoms with Crippen LogP contribution in [-0.2, 0) is 14.4 Å². The van der Waals surface area contributed by atoms with Gasteiger partial charge >= 0.3 is 5.97 Å². The molecule has 0 radical (unpaired) electrons. The second-order valence-corrected chi connectivity index (χ2v) is 8.08. The smallest absolute Gasteiger partial charge is 0.303 e. The van der Waals surface area contributed by atoms with Crippen LogP contribution in [0, 0.1) is 0 Å². The zero-order chi connectivity index (χ0) is 21.2. The highest BCUT2D eigenvalue weighted by Crippen LogP contribution is 2.31. The van der Waals surface area contributed by atoms with Gasteiger partial charge in [0.05, 0.1) is 5.69 Å². The number of halogens is 1. The number of carboxylic acid groups (broad SMARTS) is 1. The van der Waals surface area contributed by atoms with Crippen molar-refractivity contribution >= 4 is 52.0 Å². The number of aliphatic imine (C=N–C) groups is 1. The molecule has 1 aliphatic rings. The number of rotatable bonds is 11. The van der Waals surface area contributed by atoms with Crippen LogP contribution in [0.1, 0.15) is 32.1 Å². The summed E-state index contributed by atoms with van der Waals surface area (Å²) in [5.41, 5.74) is 0.672. The first-order valence-electron chi connectivity index (χ1n) is 9.32. The minimum absolute atomic E-state index is 0.0614. The molecular weight excluding hydrogens is 414 g/mol. The molecule has 1 aromatic rings. The van der Waals surface area contributed by atoms with Gasteiger partial charge in [0.15, 0.2) is 5.17 Å². The van der Waals surface area contributed by atoms with Crippen molar-refractivity contribution in [2.24, 2.45) is 4.99 Å². The number of carboxylic acids is 1. The summed E-state index contributed by atoms with van der Waals surface area (Å²) in [5.74, 6) is -1.19. The molecule has 0 aliphatic carbocycles. The number of carbonyl (C=O) groups is 3. The van der Waals surface area contributed by atoms with Crippen molar-refractivity contribution in [3.8, 4) is 0 Å². The number of hydrogen-bond acceptors (Lipinski definition) is 5. The van der Waals surface area contributed by atoms with Gasteiger partial charge in [-0.05, 0) is 37.1 Å². The molecule has 2 amide bonds. The number of nitrogens with one attached hydrogen (secondary N) is 1. The van der Waals surface area contributed by atoms with Crippen molar-refractivity contribution in [1.29, 1.82) is 0 Å². The van der Waals surface area contributed by atoms with Crippen LogP contribution in [-0.4, -0.2) is 51.3 Å². The maximum Gasteiger partial charge on any atom is 0.303 e. The molecule has 1 aromatic carbocycles. The van der Waals surface area contributed by atoms with Crippen LogP contribution in [0.3, 0.4) is 0 Å². The number of thioether (sulfide) groups is 1. The first kappa shape index (κ1) is 23.0. The summed E-state index contributed by atoms with van der Waals surface area (Å²) in [5, 5.41) is 12.0. The first-order chi connectivity index (χ1) is 13.9. The lowest BCUT2D eigenvalue weighted by molar-refractivity contribution is -0.137. The molecule has 0 aromatic heterocycles. The Morgan fingerprint density at radius 1 is 1.28 bits per heavy atom. The number of benzene rings is 1. The fraction of sp³-hybridized carbons (Fsp3) is 0.400. The van der Waals surface area contributed by atoms with Gasteiger partial charge in [0.2, 0.25) is 11.8 Å². The van der Waals surface area contributed by atoms with E-state index >= 15 is 0 Å². The number of aliphatic carboxylic acids is 1. The highest BCUT2D eigenvalue weighted by Gasteiger charge is 2.38. The summed E-state index contributed by atoms with van der Waals surface area (Å²) in [6, 6.07) is 6.97. The molecule has 1 aliphatic heterocycles. The zero-order valence-electron chi connectivity index (χ0n) is 16.0. The van der Waals surface area contributed by atoms with Crippen molar-refractivity contribution in [1.82, 2.24) is 10.2 Å². The molecule has 1 saturated heterocycles. The van der Waals surface area contributed by atoms with Gasteiger partial charge in [-0.1, -0.05) is 35.9 Å². The number of hydrogen-bond donors (Lipinski definition) is 2. The Hall–Kier alpha value is -2.32. The van der Waals surface area contributed by atoms with E-state index in [-0.39, 0.29) is 24.7 Å². The van der Waals surface area contributed by atoms with Gasteiger partial charge in [0.25, 0.3) is 0 Å². The van der Waals surface area contributed by atoms with E-state index < -0.39 is 11.2 Å². The Labute approximate surface area is 179 Å². The molecule has 0 bridgehead atoms. The largest absolute Gasteiger partial charge is 0.481 e. The highest BCUT2D eigenvalue weighted by atomic mass is 35.5. The van der Waals surface area contributed by atoms with Crippen LogP contribution in [0.4, 0.5) is 5.69 Å². The predicted octanol–water partition coefficient (Wildman–Crippen LogP) is 3.61. The van der Waals surface area contributed by atoms with E-state index in [0.717, 1.165) is 6.42 Å². The Balaban J connectivity index is 1.89. The van der Waals surface area contributed by atoms with E-state index in [4.69, 9.17) is 16.7 Å². The summed E-state index contributed by atoms with van der Waals surface area (Å²) < 4.78 is 0. The summed E-state index contributed by atoms with van der Waals surface area (Å²) in [6.45, 7) is 4.47. The van der Waals surface area contributed by atoms with Gasteiger partial charge in [-0.2, -0.15) is 0 Å². The molecule has 0 saturated carbocycles. The van der Waals surface area contributed by atoms with Gasteiger partial charge in [-0.3, -0.25) is 19.3 Å². The third kappa shape index (κ3) is 7.55. The summed E-state index contributed by atoms with van der Waals surface area (Å²) in [4.78, 5) is 41.4. The normalized spacial score (nSPS) is 17.6. The zero-order valence-corrected chi connectivity index (χ0v) is 17.5. The maximum absolute atomic E-state index is 12.7. The predicted molar refractivity (Wildman–Crippen MR) is 116 cm³/mol. The Bertz CT molecular complexity index is 782. The monoisotopic (exact) mass is 437 g/mol. The van der Waals surface area contributed by atoms with E-state index in [1.807, 2.05) is 0 Å². The maximum atomic E-state index is 12.7. The SMILES string of the molecule is C=CCN1C(=O)C(CC(=O)NCCCCCC(=O)O)SC1=Nc1ccc(Cl)cc1. The number of amides is 2. The molecule has 1 heterocycles. The van der Waals surface area contributed by atoms with E-state index in [1.54, 1.807) is 30.3 Å². The summed E-state index contributed by atoms with van der Waals surface area (Å²) in [6.07, 6.45) is 3.84. The second-order valence-electron chi connectivity index (χ2n) is 6.47. The number of amidine groups is 1. The van der Waals surface area contributed by atoms with E-state index in [0.29, 0.717) is 41.8 Å². The van der Waals surface area contributed by atoms with Crippen LogP contribution >= 0.6 is 23.4 Å². The van der Waals surface area contributed by atoms with Crippen molar-refractivity contribution in [3.63, 3.8) is 0 Å². The number of nitrogens with zero attached hydrogens (tertiary/aromatic N) is 2. The minimum Gasteiger partial charge on any atom is -0.481 e. The molecule has 1 atom stereocenters. The third-order valence-electron chi connectivity index (χ3n) is 4.14. The standard InChI is InChI=1S/C20H24ClN3O4S/c1-2-12-24-19(28)16(13-17(25)22-11-5-3-4-6-18(26)27)29-20(24)23-15-9-7-14(21)8-10-15/h2,7-10,16H,1,3-6,11-13H2,(H,22,25)(H,26,27). The van der Waals surface area contributed by atoms with Crippen LogP contribution in [0.15, 0.2) is 41.9 Å². The molecule has 7 nitrogen and oxygen atoms in total. The number of carbonyl (C=O) groups excluding carboxylic acids is 2. The van der Waals surface area contributed by atoms with Gasteiger partial charge in [0, 0.05) is 31.0 Å². The molecule has 0 spiro atoms. The fourth-order valence-corrected chi connectivity index (χ4v) is 3.99. The number of unbranched alkanes of at least 4 members (excludes halogenated alkanes) is 2. The van der Waals surface area contributed by atoms with Crippen LogP contribution in [0.25, 0.3) is 0 Å². The molecule has 156 valence electrons. The second kappa shape index (κ2) is 11.6. The lowest BCUT2D eigenvalue weighted by Gasteiger charge is -2.13. The minimum atomic E-state index is -0.814.